The van der Waals surface area contributed by atoms with Gasteiger partial charge in [-0.05, 0) is 49.1 Å². The molecule has 1 aromatic carbocycles. The minimum Gasteiger partial charge on any atom is -0.366 e. The number of anilines is 1. The molecule has 0 unspecified atom stereocenters. The molecule has 1 saturated heterocycles. The fourth-order valence-electron chi connectivity index (χ4n) is 3.09. The van der Waals surface area contributed by atoms with Crippen LogP contribution >= 0.6 is 0 Å². The van der Waals surface area contributed by atoms with Crippen LogP contribution in [-0.4, -0.2) is 24.7 Å². The smallest absolute Gasteiger partial charge is 0.250 e. The monoisotopic (exact) mass is 340 g/mol. The van der Waals surface area contributed by atoms with Crippen molar-refractivity contribution in [3.8, 4) is 0 Å². The van der Waals surface area contributed by atoms with Crippen molar-refractivity contribution in [2.75, 3.05) is 18.4 Å². The van der Waals surface area contributed by atoms with Gasteiger partial charge in [-0.3, -0.25) is 10.2 Å². The normalized spacial score (nSPS) is 22.0. The lowest BCUT2D eigenvalue weighted by molar-refractivity contribution is -0.114. The molecule has 0 bridgehead atoms. The molecule has 1 aliphatic carbocycles. The Bertz CT molecular complexity index is 789. The Hall–Kier alpha value is -2.73. The summed E-state index contributed by atoms with van der Waals surface area (Å²) < 4.78 is 14.4. The van der Waals surface area contributed by atoms with Gasteiger partial charge in [-0.1, -0.05) is 18.2 Å². The van der Waals surface area contributed by atoms with Crippen molar-refractivity contribution in [2.24, 2.45) is 5.73 Å². The first-order valence-electron chi connectivity index (χ1n) is 8.30. The third-order valence-electron chi connectivity index (χ3n) is 4.51. The Labute approximate surface area is 146 Å². The van der Waals surface area contributed by atoms with Crippen LogP contribution in [0, 0.1) is 11.2 Å². The predicted octanol–water partition coefficient (Wildman–Crippen LogP) is 2.59. The molecule has 1 fully saturated rings. The van der Waals surface area contributed by atoms with Gasteiger partial charge in [0.2, 0.25) is 0 Å². The molecule has 2 aliphatic rings. The predicted molar refractivity (Wildman–Crippen MR) is 97.1 cm³/mol. The quantitative estimate of drug-likeness (QED) is 0.679. The van der Waals surface area contributed by atoms with Gasteiger partial charge in [-0.25, -0.2) is 4.39 Å². The Morgan fingerprint density at radius 3 is 2.96 bits per heavy atom. The van der Waals surface area contributed by atoms with E-state index in [1.54, 1.807) is 24.3 Å². The number of carbonyl (C=O) groups is 1. The number of allylic oxidation sites excluding steroid dienone is 4. The molecular weight excluding hydrogens is 319 g/mol. The minimum atomic E-state index is -0.656. The van der Waals surface area contributed by atoms with E-state index in [0.717, 1.165) is 31.5 Å². The van der Waals surface area contributed by atoms with Crippen LogP contribution in [0.5, 0.6) is 0 Å². The third kappa shape index (κ3) is 3.85. The average Bonchev–Trinajstić information content (AvgIpc) is 2.62. The summed E-state index contributed by atoms with van der Waals surface area (Å²) in [5.74, 6) is -0.651. The van der Waals surface area contributed by atoms with Gasteiger partial charge in [-0.15, -0.1) is 0 Å². The Morgan fingerprint density at radius 1 is 1.44 bits per heavy atom. The number of piperidine rings is 1. The summed E-state index contributed by atoms with van der Waals surface area (Å²) >= 11 is 0. The van der Waals surface area contributed by atoms with Crippen molar-refractivity contribution in [3.63, 3.8) is 0 Å². The first-order valence-corrected chi connectivity index (χ1v) is 8.30. The summed E-state index contributed by atoms with van der Waals surface area (Å²) in [4.78, 5) is 11.3. The molecule has 0 spiro atoms. The fourth-order valence-corrected chi connectivity index (χ4v) is 3.09. The molecule has 1 aliphatic heterocycles. The largest absolute Gasteiger partial charge is 0.366 e. The summed E-state index contributed by atoms with van der Waals surface area (Å²) in [6.07, 6.45) is 8.48. The molecule has 0 saturated carbocycles. The standard InChI is InChI=1S/C19H21FN4O/c20-16-9-12(13-4-2-8-23-10-13)6-7-17(16)24-11-14-3-1-5-15(18(14)21)19(22)25/h1,3,5-7,9,11,13,21,23-24H,2,4,8,10H2,(H2,22,25)/b14-11-,21-18?/t13-/m1/s1. The summed E-state index contributed by atoms with van der Waals surface area (Å²) in [5, 5.41) is 14.2. The zero-order valence-electron chi connectivity index (χ0n) is 13.8. The van der Waals surface area contributed by atoms with E-state index in [1.807, 2.05) is 6.07 Å². The van der Waals surface area contributed by atoms with E-state index < -0.39 is 5.91 Å². The molecule has 1 heterocycles. The van der Waals surface area contributed by atoms with Crippen LogP contribution in [0.4, 0.5) is 10.1 Å². The van der Waals surface area contributed by atoms with Crippen LogP contribution in [-0.2, 0) is 4.79 Å². The summed E-state index contributed by atoms with van der Waals surface area (Å²) in [6, 6.07) is 5.20. The topological polar surface area (TPSA) is 91.0 Å². The van der Waals surface area contributed by atoms with Gasteiger partial charge in [0.1, 0.15) is 5.82 Å². The molecule has 1 aromatic rings. The maximum atomic E-state index is 14.4. The highest BCUT2D eigenvalue weighted by Crippen LogP contribution is 2.26. The zero-order chi connectivity index (χ0) is 17.8. The van der Waals surface area contributed by atoms with Gasteiger partial charge in [-0.2, -0.15) is 0 Å². The van der Waals surface area contributed by atoms with Crippen LogP contribution in [0.2, 0.25) is 0 Å². The van der Waals surface area contributed by atoms with E-state index in [4.69, 9.17) is 11.1 Å². The first kappa shape index (κ1) is 17.1. The van der Waals surface area contributed by atoms with E-state index in [-0.39, 0.29) is 17.1 Å². The Kier molecular flexibility index (Phi) is 5.09. The number of nitrogens with one attached hydrogen (secondary N) is 3. The zero-order valence-corrected chi connectivity index (χ0v) is 13.8. The van der Waals surface area contributed by atoms with E-state index in [2.05, 4.69) is 10.6 Å². The van der Waals surface area contributed by atoms with Gasteiger partial charge in [0.25, 0.3) is 5.91 Å². The number of rotatable bonds is 4. The van der Waals surface area contributed by atoms with Gasteiger partial charge in [0.05, 0.1) is 17.0 Å². The van der Waals surface area contributed by atoms with E-state index >= 15 is 0 Å². The SMILES string of the molecule is N=C1C(C(N)=O)=CC=C/C1=C/Nc1ccc([C@@H]2CCCNC2)cc1F. The molecule has 5 N–H and O–H groups in total. The fraction of sp³-hybridized carbons (Fsp3) is 0.263. The average molecular weight is 340 g/mol. The van der Waals surface area contributed by atoms with E-state index in [9.17, 15) is 9.18 Å². The van der Waals surface area contributed by atoms with Crippen molar-refractivity contribution < 1.29 is 9.18 Å². The second-order valence-electron chi connectivity index (χ2n) is 6.21. The maximum absolute atomic E-state index is 14.4. The van der Waals surface area contributed by atoms with Gasteiger partial charge in [0, 0.05) is 18.3 Å². The summed E-state index contributed by atoms with van der Waals surface area (Å²) in [5.41, 5.74) is 7.19. The van der Waals surface area contributed by atoms with Crippen LogP contribution in [0.1, 0.15) is 24.3 Å². The number of hydrogen-bond acceptors (Lipinski definition) is 4. The van der Waals surface area contributed by atoms with Gasteiger partial charge in [0.15, 0.2) is 0 Å². The molecule has 1 atom stereocenters. The maximum Gasteiger partial charge on any atom is 0.250 e. The number of amides is 1. The minimum absolute atomic E-state index is 0.0211. The van der Waals surface area contributed by atoms with Crippen molar-refractivity contribution >= 4 is 17.3 Å². The molecule has 3 rings (SSSR count). The summed E-state index contributed by atoms with van der Waals surface area (Å²) in [7, 11) is 0. The molecule has 0 radical (unpaired) electrons. The van der Waals surface area contributed by atoms with Gasteiger partial charge >= 0.3 is 0 Å². The van der Waals surface area contributed by atoms with Crippen molar-refractivity contribution in [3.05, 3.63) is 65.2 Å². The van der Waals surface area contributed by atoms with Crippen LogP contribution < -0.4 is 16.4 Å². The Morgan fingerprint density at radius 2 is 2.28 bits per heavy atom. The number of benzene rings is 1. The molecule has 1 amide bonds. The molecule has 0 aromatic heterocycles. The molecule has 130 valence electrons. The van der Waals surface area contributed by atoms with Crippen LogP contribution in [0.25, 0.3) is 0 Å². The molecule has 6 heteroatoms. The Balaban J connectivity index is 1.73. The molecular formula is C19H21FN4O. The lowest BCUT2D eigenvalue weighted by Gasteiger charge is -2.23. The molecule has 5 nitrogen and oxygen atoms in total. The highest BCUT2D eigenvalue weighted by molar-refractivity contribution is 6.28. The van der Waals surface area contributed by atoms with E-state index in [0.29, 0.717) is 17.2 Å². The lowest BCUT2D eigenvalue weighted by Crippen LogP contribution is -2.28. The molecule has 25 heavy (non-hydrogen) atoms. The number of carbonyl (C=O) groups excluding carboxylic acids is 1. The number of nitrogens with two attached hydrogens (primary N) is 1. The highest BCUT2D eigenvalue weighted by Gasteiger charge is 2.18. The first-order chi connectivity index (χ1) is 12.1. The lowest BCUT2D eigenvalue weighted by atomic mass is 9.91. The number of primary amides is 1. The van der Waals surface area contributed by atoms with Crippen LogP contribution in [0.3, 0.4) is 0 Å². The second kappa shape index (κ2) is 7.44. The second-order valence-corrected chi connectivity index (χ2v) is 6.21. The van der Waals surface area contributed by atoms with Crippen molar-refractivity contribution in [1.29, 1.82) is 5.41 Å². The number of hydrogen-bond donors (Lipinski definition) is 4. The number of halogens is 1. The van der Waals surface area contributed by atoms with Crippen molar-refractivity contribution in [2.45, 2.75) is 18.8 Å². The van der Waals surface area contributed by atoms with Crippen molar-refractivity contribution in [1.82, 2.24) is 5.32 Å². The third-order valence-corrected chi connectivity index (χ3v) is 4.51. The summed E-state index contributed by atoms with van der Waals surface area (Å²) in [6.45, 7) is 1.90. The van der Waals surface area contributed by atoms with E-state index in [1.165, 1.54) is 12.3 Å². The van der Waals surface area contributed by atoms with Gasteiger partial charge < -0.3 is 16.4 Å². The van der Waals surface area contributed by atoms with Crippen LogP contribution in [0.15, 0.2) is 53.8 Å². The highest BCUT2D eigenvalue weighted by atomic mass is 19.1.